The molecule has 6 nitrogen and oxygen atoms in total. The van der Waals surface area contributed by atoms with Gasteiger partial charge in [0, 0.05) is 39.4 Å². The van der Waals surface area contributed by atoms with E-state index >= 15 is 0 Å². The van der Waals surface area contributed by atoms with Crippen molar-refractivity contribution in [3.05, 3.63) is 23.0 Å². The number of carbonyl (C=O) groups is 2. The van der Waals surface area contributed by atoms with Crippen LogP contribution in [0.15, 0.2) is 12.3 Å². The van der Waals surface area contributed by atoms with Crippen LogP contribution in [0.3, 0.4) is 0 Å². The van der Waals surface area contributed by atoms with Crippen molar-refractivity contribution in [3.63, 3.8) is 0 Å². The molecule has 3 rings (SSSR count). The lowest BCUT2D eigenvalue weighted by atomic mass is 9.78. The maximum absolute atomic E-state index is 12.8. The SMILES string of the molecule is Cn1cc(Cl)cc1C(=O)N1CC[C@]2(CCCN(CCO)C2=O)C1. The van der Waals surface area contributed by atoms with Crippen LogP contribution >= 0.6 is 11.6 Å². The predicted molar refractivity (Wildman–Crippen MR) is 86.3 cm³/mol. The van der Waals surface area contributed by atoms with Gasteiger partial charge in [-0.15, -0.1) is 0 Å². The summed E-state index contributed by atoms with van der Waals surface area (Å²) < 4.78 is 1.72. The first-order valence-electron chi connectivity index (χ1n) is 7.98. The number of likely N-dealkylation sites (tertiary alicyclic amines) is 2. The number of carbonyl (C=O) groups excluding carboxylic acids is 2. The molecule has 0 bridgehead atoms. The van der Waals surface area contributed by atoms with Crippen LogP contribution in [0, 0.1) is 5.41 Å². The van der Waals surface area contributed by atoms with E-state index < -0.39 is 5.41 Å². The Labute approximate surface area is 140 Å². The van der Waals surface area contributed by atoms with Gasteiger partial charge >= 0.3 is 0 Å². The molecule has 7 heteroatoms. The standard InChI is InChI=1S/C16H22ClN3O3/c1-18-10-12(17)9-13(18)14(22)20-6-4-16(11-20)3-2-5-19(7-8-21)15(16)23/h9-10,21H,2-8,11H2,1H3/t16-/m1/s1. The number of nitrogens with zero attached hydrogens (tertiary/aromatic N) is 3. The lowest BCUT2D eigenvalue weighted by Crippen LogP contribution is -2.51. The van der Waals surface area contributed by atoms with E-state index in [0.717, 1.165) is 12.8 Å². The molecule has 0 radical (unpaired) electrons. The molecule has 2 aliphatic rings. The fraction of sp³-hybridized carbons (Fsp3) is 0.625. The molecule has 3 heterocycles. The van der Waals surface area contributed by atoms with Crippen molar-refractivity contribution in [2.45, 2.75) is 19.3 Å². The van der Waals surface area contributed by atoms with Gasteiger partial charge in [-0.3, -0.25) is 9.59 Å². The first-order valence-corrected chi connectivity index (χ1v) is 8.36. The van der Waals surface area contributed by atoms with Crippen LogP contribution in [-0.2, 0) is 11.8 Å². The van der Waals surface area contributed by atoms with E-state index in [0.29, 0.717) is 43.3 Å². The average molecular weight is 340 g/mol. The molecule has 0 aromatic carbocycles. The molecule has 2 fully saturated rings. The molecule has 2 aliphatic heterocycles. The van der Waals surface area contributed by atoms with Crippen molar-refractivity contribution in [1.82, 2.24) is 14.4 Å². The molecule has 0 unspecified atom stereocenters. The number of aryl methyl sites for hydroxylation is 1. The Balaban J connectivity index is 1.76. The van der Waals surface area contributed by atoms with Crippen LogP contribution < -0.4 is 0 Å². The monoisotopic (exact) mass is 339 g/mol. The van der Waals surface area contributed by atoms with Gasteiger partial charge in [0.2, 0.25) is 5.91 Å². The smallest absolute Gasteiger partial charge is 0.270 e. The zero-order valence-electron chi connectivity index (χ0n) is 13.3. The quantitative estimate of drug-likeness (QED) is 0.897. The average Bonchev–Trinajstić information content (AvgIpc) is 3.08. The summed E-state index contributed by atoms with van der Waals surface area (Å²) in [5, 5.41) is 9.65. The first-order chi connectivity index (χ1) is 11.0. The maximum atomic E-state index is 12.8. The highest BCUT2D eigenvalue weighted by atomic mass is 35.5. The van der Waals surface area contributed by atoms with Gasteiger partial charge in [-0.1, -0.05) is 11.6 Å². The fourth-order valence-electron chi connectivity index (χ4n) is 3.81. The number of aliphatic hydroxyl groups is 1. The Morgan fingerprint density at radius 3 is 2.83 bits per heavy atom. The van der Waals surface area contributed by atoms with Crippen LogP contribution in [0.25, 0.3) is 0 Å². The number of halogens is 1. The molecule has 2 amide bonds. The van der Waals surface area contributed by atoms with Gasteiger partial charge < -0.3 is 19.5 Å². The number of β-amino-alcohol motifs (C(OH)–C–C–N with tert-alkyl or cyclic N) is 1. The van der Waals surface area contributed by atoms with E-state index in [2.05, 4.69) is 0 Å². The minimum Gasteiger partial charge on any atom is -0.395 e. The molecule has 0 saturated carbocycles. The van der Waals surface area contributed by atoms with E-state index in [9.17, 15) is 9.59 Å². The molecular formula is C16H22ClN3O3. The molecule has 1 aromatic rings. The van der Waals surface area contributed by atoms with E-state index in [1.807, 2.05) is 0 Å². The minimum atomic E-state index is -0.474. The highest BCUT2D eigenvalue weighted by Crippen LogP contribution is 2.40. The van der Waals surface area contributed by atoms with Crippen LogP contribution in [0.1, 0.15) is 29.8 Å². The van der Waals surface area contributed by atoms with E-state index in [1.54, 1.807) is 33.7 Å². The highest BCUT2D eigenvalue weighted by molar-refractivity contribution is 6.31. The Morgan fingerprint density at radius 2 is 2.17 bits per heavy atom. The molecule has 1 spiro atoms. The van der Waals surface area contributed by atoms with Crippen LogP contribution in [0.4, 0.5) is 0 Å². The Morgan fingerprint density at radius 1 is 1.39 bits per heavy atom. The summed E-state index contributed by atoms with van der Waals surface area (Å²) in [5.74, 6) is 0.00127. The summed E-state index contributed by atoms with van der Waals surface area (Å²) >= 11 is 5.96. The van der Waals surface area contributed by atoms with Crippen molar-refractivity contribution in [3.8, 4) is 0 Å². The van der Waals surface area contributed by atoms with E-state index in [1.165, 1.54) is 0 Å². The van der Waals surface area contributed by atoms with E-state index in [-0.39, 0.29) is 18.4 Å². The Hall–Kier alpha value is -1.53. The molecule has 23 heavy (non-hydrogen) atoms. The molecule has 126 valence electrons. The van der Waals surface area contributed by atoms with Crippen LogP contribution in [-0.4, -0.2) is 64.1 Å². The molecule has 1 aromatic heterocycles. The molecule has 0 aliphatic carbocycles. The van der Waals surface area contributed by atoms with Gasteiger partial charge in [-0.2, -0.15) is 0 Å². The second kappa shape index (κ2) is 6.17. The van der Waals surface area contributed by atoms with Crippen LogP contribution in [0.5, 0.6) is 0 Å². The third kappa shape index (κ3) is 2.85. The summed E-state index contributed by atoms with van der Waals surface area (Å²) in [6, 6.07) is 1.66. The summed E-state index contributed by atoms with van der Waals surface area (Å²) in [5.41, 5.74) is 0.0698. The number of hydrogen-bond donors (Lipinski definition) is 1. The zero-order valence-corrected chi connectivity index (χ0v) is 14.1. The first kappa shape index (κ1) is 16.3. The van der Waals surface area contributed by atoms with Crippen molar-refractivity contribution >= 4 is 23.4 Å². The van der Waals surface area contributed by atoms with Gasteiger partial charge in [-0.25, -0.2) is 0 Å². The largest absolute Gasteiger partial charge is 0.395 e. The lowest BCUT2D eigenvalue weighted by molar-refractivity contribution is -0.146. The van der Waals surface area contributed by atoms with Gasteiger partial charge in [0.25, 0.3) is 5.91 Å². The summed E-state index contributed by atoms with van der Waals surface area (Å²) in [6.07, 6.45) is 4.13. The van der Waals surface area contributed by atoms with Crippen molar-refractivity contribution in [2.24, 2.45) is 12.5 Å². The van der Waals surface area contributed by atoms with Crippen molar-refractivity contribution < 1.29 is 14.7 Å². The third-order valence-corrected chi connectivity index (χ3v) is 5.23. The normalized spacial score (nSPS) is 24.7. The summed E-state index contributed by atoms with van der Waals surface area (Å²) in [7, 11) is 1.79. The van der Waals surface area contributed by atoms with Gasteiger partial charge in [0.05, 0.1) is 17.0 Å². The van der Waals surface area contributed by atoms with Crippen molar-refractivity contribution in [1.29, 1.82) is 0 Å². The Kier molecular flexibility index (Phi) is 4.38. The van der Waals surface area contributed by atoms with E-state index in [4.69, 9.17) is 16.7 Å². The number of hydrogen-bond acceptors (Lipinski definition) is 3. The number of aliphatic hydroxyl groups excluding tert-OH is 1. The number of rotatable bonds is 3. The van der Waals surface area contributed by atoms with Crippen molar-refractivity contribution in [2.75, 3.05) is 32.8 Å². The third-order valence-electron chi connectivity index (χ3n) is 5.03. The highest BCUT2D eigenvalue weighted by Gasteiger charge is 2.49. The predicted octanol–water partition coefficient (Wildman–Crippen LogP) is 1.13. The molecule has 2 saturated heterocycles. The fourth-order valence-corrected chi connectivity index (χ4v) is 4.06. The maximum Gasteiger partial charge on any atom is 0.270 e. The molecule has 1 atom stereocenters. The zero-order chi connectivity index (χ0) is 16.6. The second-order valence-electron chi connectivity index (χ2n) is 6.53. The number of amides is 2. The molecule has 1 N–H and O–H groups in total. The summed E-state index contributed by atoms with van der Waals surface area (Å²) in [6.45, 7) is 2.09. The minimum absolute atomic E-state index is 0.0215. The lowest BCUT2D eigenvalue weighted by Gasteiger charge is -2.39. The summed E-state index contributed by atoms with van der Waals surface area (Å²) in [4.78, 5) is 29.0. The number of piperidine rings is 1. The number of aromatic nitrogens is 1. The van der Waals surface area contributed by atoms with Gasteiger partial charge in [-0.05, 0) is 25.3 Å². The van der Waals surface area contributed by atoms with Gasteiger partial charge in [0.1, 0.15) is 5.69 Å². The van der Waals surface area contributed by atoms with Crippen LogP contribution in [0.2, 0.25) is 5.02 Å². The molecular weight excluding hydrogens is 318 g/mol. The second-order valence-corrected chi connectivity index (χ2v) is 6.97. The topological polar surface area (TPSA) is 65.8 Å². The Bertz CT molecular complexity index is 628. The van der Waals surface area contributed by atoms with Gasteiger partial charge in [0.15, 0.2) is 0 Å².